The first kappa shape index (κ1) is 17.5. The van der Waals surface area contributed by atoms with E-state index < -0.39 is 12.3 Å². The Morgan fingerprint density at radius 3 is 2.48 bits per heavy atom. The first-order valence-corrected chi connectivity index (χ1v) is 8.15. The number of hydrogen-bond acceptors (Lipinski definition) is 7. The van der Waals surface area contributed by atoms with Crippen LogP contribution in [0.4, 0.5) is 0 Å². The third-order valence-electron chi connectivity index (χ3n) is 3.40. The van der Waals surface area contributed by atoms with E-state index in [1.54, 1.807) is 27.3 Å². The smallest absolute Gasteiger partial charge is 0.274 e. The Morgan fingerprint density at radius 1 is 1.17 bits per heavy atom. The van der Waals surface area contributed by atoms with E-state index in [1.165, 1.54) is 11.3 Å². The van der Waals surface area contributed by atoms with Crippen molar-refractivity contribution in [1.82, 2.24) is 10.3 Å². The molecule has 0 amide bonds. The first-order valence-electron chi connectivity index (χ1n) is 7.27. The Bertz CT molecular complexity index is 604. The van der Waals surface area contributed by atoms with Gasteiger partial charge in [-0.05, 0) is 31.5 Å². The number of rotatable bonds is 8. The van der Waals surface area contributed by atoms with Crippen LogP contribution >= 0.6 is 11.3 Å². The van der Waals surface area contributed by atoms with Crippen molar-refractivity contribution < 1.29 is 19.3 Å². The summed E-state index contributed by atoms with van der Waals surface area (Å²) in [7, 11) is 3.20. The van der Waals surface area contributed by atoms with Crippen LogP contribution in [0, 0.1) is 0 Å². The predicted octanol–water partition coefficient (Wildman–Crippen LogP) is 2.60. The van der Waals surface area contributed by atoms with Crippen molar-refractivity contribution in [1.29, 1.82) is 0 Å². The molecule has 0 aliphatic heterocycles. The van der Waals surface area contributed by atoms with Crippen molar-refractivity contribution in [3.63, 3.8) is 0 Å². The summed E-state index contributed by atoms with van der Waals surface area (Å²) in [5, 5.41) is 15.5. The van der Waals surface area contributed by atoms with Crippen LogP contribution in [-0.4, -0.2) is 36.6 Å². The van der Waals surface area contributed by atoms with E-state index in [1.807, 2.05) is 30.5 Å². The van der Waals surface area contributed by atoms with Gasteiger partial charge in [-0.2, -0.15) is 0 Å². The van der Waals surface area contributed by atoms with E-state index in [-0.39, 0.29) is 6.04 Å². The largest absolute Gasteiger partial charge is 0.493 e. The third kappa shape index (κ3) is 4.57. The summed E-state index contributed by atoms with van der Waals surface area (Å²) >= 11 is 1.38. The van der Waals surface area contributed by atoms with Gasteiger partial charge in [0.05, 0.1) is 14.2 Å². The van der Waals surface area contributed by atoms with E-state index in [0.29, 0.717) is 16.7 Å². The lowest BCUT2D eigenvalue weighted by Gasteiger charge is -2.26. The molecule has 126 valence electrons. The molecule has 1 aromatic carbocycles. The number of hydrogen-bond donors (Lipinski definition) is 2. The maximum Gasteiger partial charge on any atom is 0.274 e. The number of methoxy groups -OCH3 is 2. The van der Waals surface area contributed by atoms with E-state index in [2.05, 4.69) is 10.3 Å². The molecule has 0 aliphatic rings. The summed E-state index contributed by atoms with van der Waals surface area (Å²) in [4.78, 5) is 4.08. The number of nitrogens with one attached hydrogen (secondary N) is 1. The second-order valence-electron chi connectivity index (χ2n) is 5.08. The fourth-order valence-electron chi connectivity index (χ4n) is 2.11. The Morgan fingerprint density at radius 2 is 1.91 bits per heavy atom. The molecule has 0 bridgehead atoms. The van der Waals surface area contributed by atoms with Crippen molar-refractivity contribution in [3.8, 4) is 16.7 Å². The van der Waals surface area contributed by atoms with Gasteiger partial charge < -0.3 is 19.3 Å². The monoisotopic (exact) mass is 338 g/mol. The summed E-state index contributed by atoms with van der Waals surface area (Å²) in [5.74, 6) is 1.34. The lowest BCUT2D eigenvalue weighted by Crippen LogP contribution is -2.44. The standard InChI is InChI=1S/C16H22N2O4S/c1-10(12-5-6-13(20-3)14(9-12)21-4)18-15(11(2)19)22-16-17-7-8-23-16/h5-11,15,18-19H,1-4H3. The highest BCUT2D eigenvalue weighted by atomic mass is 32.1. The molecule has 2 N–H and O–H groups in total. The van der Waals surface area contributed by atoms with Gasteiger partial charge in [0.1, 0.15) is 6.10 Å². The summed E-state index contributed by atoms with van der Waals surface area (Å²) in [6, 6.07) is 5.64. The Kier molecular flexibility index (Phi) is 6.20. The molecule has 0 aliphatic carbocycles. The average molecular weight is 338 g/mol. The Balaban J connectivity index is 2.10. The highest BCUT2D eigenvalue weighted by molar-refractivity contribution is 7.11. The zero-order chi connectivity index (χ0) is 16.8. The van der Waals surface area contributed by atoms with Crippen LogP contribution in [-0.2, 0) is 0 Å². The van der Waals surface area contributed by atoms with Crippen molar-refractivity contribution >= 4 is 11.3 Å². The number of aliphatic hydroxyl groups excluding tert-OH is 1. The summed E-state index contributed by atoms with van der Waals surface area (Å²) in [6.45, 7) is 3.66. The summed E-state index contributed by atoms with van der Waals surface area (Å²) in [6.07, 6.45) is 0.405. The lowest BCUT2D eigenvalue weighted by atomic mass is 10.1. The second-order valence-corrected chi connectivity index (χ2v) is 5.94. The van der Waals surface area contributed by atoms with Gasteiger partial charge in [0.2, 0.25) is 0 Å². The molecule has 1 heterocycles. The number of aromatic nitrogens is 1. The van der Waals surface area contributed by atoms with Gasteiger partial charge in [-0.1, -0.05) is 17.4 Å². The molecular formula is C16H22N2O4S. The molecule has 3 unspecified atom stereocenters. The van der Waals surface area contributed by atoms with Gasteiger partial charge in [-0.15, -0.1) is 0 Å². The molecular weight excluding hydrogens is 316 g/mol. The molecule has 3 atom stereocenters. The van der Waals surface area contributed by atoms with Crippen molar-refractivity contribution in [2.75, 3.05) is 14.2 Å². The number of aliphatic hydroxyl groups is 1. The van der Waals surface area contributed by atoms with Gasteiger partial charge >= 0.3 is 0 Å². The predicted molar refractivity (Wildman–Crippen MR) is 89.3 cm³/mol. The van der Waals surface area contributed by atoms with Gasteiger partial charge in [0, 0.05) is 17.6 Å². The van der Waals surface area contributed by atoms with Gasteiger partial charge in [-0.3, -0.25) is 5.32 Å². The fraction of sp³-hybridized carbons (Fsp3) is 0.438. The lowest BCUT2D eigenvalue weighted by molar-refractivity contribution is 0.0202. The maximum absolute atomic E-state index is 9.93. The van der Waals surface area contributed by atoms with Crippen LogP contribution in [0.1, 0.15) is 25.5 Å². The van der Waals surface area contributed by atoms with Gasteiger partial charge in [0.25, 0.3) is 5.19 Å². The van der Waals surface area contributed by atoms with Crippen LogP contribution in [0.3, 0.4) is 0 Å². The highest BCUT2D eigenvalue weighted by Gasteiger charge is 2.21. The van der Waals surface area contributed by atoms with Crippen LogP contribution in [0.25, 0.3) is 0 Å². The van der Waals surface area contributed by atoms with E-state index >= 15 is 0 Å². The Hall–Kier alpha value is -1.83. The van der Waals surface area contributed by atoms with Crippen molar-refractivity contribution in [3.05, 3.63) is 35.3 Å². The van der Waals surface area contributed by atoms with Crippen LogP contribution in [0.5, 0.6) is 16.7 Å². The van der Waals surface area contributed by atoms with Gasteiger partial charge in [-0.25, -0.2) is 4.98 Å². The topological polar surface area (TPSA) is 72.8 Å². The molecule has 7 heteroatoms. The second kappa shape index (κ2) is 8.14. The normalized spacial score (nSPS) is 14.8. The van der Waals surface area contributed by atoms with Gasteiger partial charge in [0.15, 0.2) is 17.7 Å². The molecule has 2 aromatic rings. The minimum atomic E-state index is -0.693. The molecule has 0 fully saturated rings. The van der Waals surface area contributed by atoms with E-state index in [4.69, 9.17) is 14.2 Å². The number of nitrogens with zero attached hydrogens (tertiary/aromatic N) is 1. The van der Waals surface area contributed by atoms with Crippen LogP contribution in [0.2, 0.25) is 0 Å². The zero-order valence-corrected chi connectivity index (χ0v) is 14.5. The molecule has 0 spiro atoms. The van der Waals surface area contributed by atoms with E-state index in [0.717, 1.165) is 5.56 Å². The average Bonchev–Trinajstić information content (AvgIpc) is 3.06. The SMILES string of the molecule is COc1ccc(C(C)NC(Oc2nccs2)C(C)O)cc1OC. The molecule has 23 heavy (non-hydrogen) atoms. The fourth-order valence-corrected chi connectivity index (χ4v) is 2.63. The van der Waals surface area contributed by atoms with Crippen LogP contribution in [0.15, 0.2) is 29.8 Å². The van der Waals surface area contributed by atoms with Crippen molar-refractivity contribution in [2.45, 2.75) is 32.2 Å². The molecule has 2 rings (SSSR count). The first-order chi connectivity index (χ1) is 11.0. The molecule has 0 radical (unpaired) electrons. The maximum atomic E-state index is 9.93. The molecule has 0 saturated carbocycles. The third-order valence-corrected chi connectivity index (χ3v) is 4.06. The number of thiazole rings is 1. The highest BCUT2D eigenvalue weighted by Crippen LogP contribution is 2.30. The number of ether oxygens (including phenoxy) is 3. The molecule has 1 aromatic heterocycles. The van der Waals surface area contributed by atoms with E-state index in [9.17, 15) is 5.11 Å². The number of benzene rings is 1. The minimum Gasteiger partial charge on any atom is -0.493 e. The summed E-state index contributed by atoms with van der Waals surface area (Å²) < 4.78 is 16.3. The molecule has 6 nitrogen and oxygen atoms in total. The summed E-state index contributed by atoms with van der Waals surface area (Å²) in [5.41, 5.74) is 0.996. The minimum absolute atomic E-state index is 0.0608. The molecule has 0 saturated heterocycles. The Labute approximate surface area is 140 Å². The van der Waals surface area contributed by atoms with Crippen molar-refractivity contribution in [2.24, 2.45) is 0 Å². The quantitative estimate of drug-likeness (QED) is 0.721. The van der Waals surface area contributed by atoms with Crippen LogP contribution < -0.4 is 19.5 Å². The zero-order valence-electron chi connectivity index (χ0n) is 13.6.